The van der Waals surface area contributed by atoms with Crippen molar-refractivity contribution in [1.82, 2.24) is 5.01 Å². The molecule has 4 atom stereocenters. The first-order chi connectivity index (χ1) is 15.9. The van der Waals surface area contributed by atoms with Crippen molar-refractivity contribution in [1.29, 1.82) is 0 Å². The predicted molar refractivity (Wildman–Crippen MR) is 126 cm³/mol. The highest BCUT2D eigenvalue weighted by Gasteiger charge is 2.59. The molecular formula is C24H19Cl3N2O4. The van der Waals surface area contributed by atoms with E-state index in [9.17, 15) is 9.59 Å². The Morgan fingerprint density at radius 2 is 1.73 bits per heavy atom. The smallest absolute Gasteiger partial charge is 0.254 e. The SMILES string of the molecule is COc1cc(/C=N\N2C(=O)[C@@H]3[C@@H](C2=O)[C@H]2C=C[C@H]3C2)cc(Cl)c1OCc1ccc(Cl)cc1Cl. The second-order valence-electron chi connectivity index (χ2n) is 8.29. The highest BCUT2D eigenvalue weighted by atomic mass is 35.5. The van der Waals surface area contributed by atoms with E-state index in [0.29, 0.717) is 32.1 Å². The van der Waals surface area contributed by atoms with E-state index in [-0.39, 0.29) is 42.1 Å². The second-order valence-corrected chi connectivity index (χ2v) is 9.54. The quantitative estimate of drug-likeness (QED) is 0.300. The van der Waals surface area contributed by atoms with Crippen LogP contribution in [-0.2, 0) is 16.2 Å². The highest BCUT2D eigenvalue weighted by Crippen LogP contribution is 2.52. The van der Waals surface area contributed by atoms with Crippen LogP contribution in [0.3, 0.4) is 0 Å². The van der Waals surface area contributed by atoms with E-state index in [1.807, 2.05) is 12.2 Å². The van der Waals surface area contributed by atoms with Crippen LogP contribution < -0.4 is 9.47 Å². The molecule has 0 N–H and O–H groups in total. The first-order valence-corrected chi connectivity index (χ1v) is 11.5. The molecule has 0 spiro atoms. The molecule has 33 heavy (non-hydrogen) atoms. The van der Waals surface area contributed by atoms with Crippen molar-refractivity contribution < 1.29 is 19.1 Å². The monoisotopic (exact) mass is 504 g/mol. The van der Waals surface area contributed by atoms with E-state index in [2.05, 4.69) is 5.10 Å². The Morgan fingerprint density at radius 1 is 1.03 bits per heavy atom. The summed E-state index contributed by atoms with van der Waals surface area (Å²) in [6.07, 6.45) is 6.40. The highest BCUT2D eigenvalue weighted by molar-refractivity contribution is 6.35. The number of nitrogens with zero attached hydrogens (tertiary/aromatic N) is 2. The summed E-state index contributed by atoms with van der Waals surface area (Å²) in [7, 11) is 1.49. The molecule has 6 nitrogen and oxygen atoms in total. The first-order valence-electron chi connectivity index (χ1n) is 10.4. The molecule has 2 fully saturated rings. The van der Waals surface area contributed by atoms with Gasteiger partial charge in [0.1, 0.15) is 6.61 Å². The van der Waals surface area contributed by atoms with Gasteiger partial charge < -0.3 is 9.47 Å². The number of hydrogen-bond donors (Lipinski definition) is 0. The molecule has 1 aliphatic heterocycles. The van der Waals surface area contributed by atoms with Gasteiger partial charge in [-0.2, -0.15) is 10.1 Å². The van der Waals surface area contributed by atoms with Gasteiger partial charge in [-0.25, -0.2) is 0 Å². The summed E-state index contributed by atoms with van der Waals surface area (Å²) in [5, 5.41) is 6.49. The summed E-state index contributed by atoms with van der Waals surface area (Å²) in [6.45, 7) is 0.162. The van der Waals surface area contributed by atoms with Gasteiger partial charge in [0.2, 0.25) is 0 Å². The standard InChI is InChI=1S/C24H19Cl3N2O4/c1-32-19-7-12(6-18(27)22(19)33-11-15-4-5-16(25)9-17(15)26)10-28-29-23(30)20-13-2-3-14(8-13)21(20)24(29)31/h2-7,9-10,13-14,20-21H,8,11H2,1H3/b28-10-/t13-,14-,20-,21-/m0/s1. The lowest BCUT2D eigenvalue weighted by atomic mass is 9.85. The van der Waals surface area contributed by atoms with Gasteiger partial charge in [0.25, 0.3) is 11.8 Å². The van der Waals surface area contributed by atoms with Crippen molar-refractivity contribution in [3.8, 4) is 11.5 Å². The molecule has 9 heteroatoms. The third-order valence-electron chi connectivity index (χ3n) is 6.41. The Hall–Kier alpha value is -2.54. The topological polar surface area (TPSA) is 68.2 Å². The minimum Gasteiger partial charge on any atom is -0.493 e. The lowest BCUT2D eigenvalue weighted by Crippen LogP contribution is -2.28. The number of allylic oxidation sites excluding steroid dienone is 2. The van der Waals surface area contributed by atoms with Gasteiger partial charge in [-0.1, -0.05) is 53.0 Å². The number of benzene rings is 2. The van der Waals surface area contributed by atoms with Gasteiger partial charge >= 0.3 is 0 Å². The first kappa shape index (κ1) is 22.3. The maximum Gasteiger partial charge on any atom is 0.254 e. The summed E-state index contributed by atoms with van der Waals surface area (Å²) < 4.78 is 11.3. The molecule has 1 saturated carbocycles. The van der Waals surface area contributed by atoms with Crippen LogP contribution >= 0.6 is 34.8 Å². The average Bonchev–Trinajstić information content (AvgIpc) is 3.46. The van der Waals surface area contributed by atoms with E-state index >= 15 is 0 Å². The van der Waals surface area contributed by atoms with Gasteiger partial charge in [-0.05, 0) is 48.1 Å². The van der Waals surface area contributed by atoms with Crippen molar-refractivity contribution in [2.45, 2.75) is 13.0 Å². The molecule has 170 valence electrons. The lowest BCUT2D eigenvalue weighted by molar-refractivity contribution is -0.140. The number of methoxy groups -OCH3 is 1. The molecule has 2 aliphatic carbocycles. The normalized spacial score (nSPS) is 25.4. The number of ether oxygens (including phenoxy) is 2. The third kappa shape index (κ3) is 3.90. The lowest BCUT2D eigenvalue weighted by Gasteiger charge is -2.14. The van der Waals surface area contributed by atoms with Crippen LogP contribution in [0.25, 0.3) is 0 Å². The van der Waals surface area contributed by atoms with Gasteiger partial charge in [-0.15, -0.1) is 0 Å². The third-order valence-corrected chi connectivity index (χ3v) is 7.28. The Labute approximate surface area is 205 Å². The largest absolute Gasteiger partial charge is 0.493 e. The number of carbonyl (C=O) groups is 2. The molecular weight excluding hydrogens is 487 g/mol. The molecule has 1 heterocycles. The molecule has 0 radical (unpaired) electrons. The minimum absolute atomic E-state index is 0.136. The van der Waals surface area contributed by atoms with E-state index in [0.717, 1.165) is 17.0 Å². The molecule has 2 aromatic carbocycles. The number of rotatable bonds is 6. The zero-order chi connectivity index (χ0) is 23.3. The maximum atomic E-state index is 12.8. The summed E-state index contributed by atoms with van der Waals surface area (Å²) in [5.41, 5.74) is 1.30. The van der Waals surface area contributed by atoms with Crippen molar-refractivity contribution in [3.63, 3.8) is 0 Å². The fourth-order valence-corrected chi connectivity index (χ4v) is 5.60. The molecule has 2 amide bonds. The van der Waals surface area contributed by atoms with E-state index in [1.54, 1.807) is 30.3 Å². The van der Waals surface area contributed by atoms with Gasteiger partial charge in [0.15, 0.2) is 11.5 Å². The fourth-order valence-electron chi connectivity index (χ4n) is 4.87. The number of hydrogen-bond acceptors (Lipinski definition) is 5. The van der Waals surface area contributed by atoms with Crippen molar-refractivity contribution >= 4 is 52.8 Å². The number of halogens is 3. The number of hydrazone groups is 1. The van der Waals surface area contributed by atoms with Crippen molar-refractivity contribution in [3.05, 3.63) is 68.7 Å². The van der Waals surface area contributed by atoms with Crippen LogP contribution in [-0.4, -0.2) is 30.1 Å². The van der Waals surface area contributed by atoms with Gasteiger partial charge in [0.05, 0.1) is 30.2 Å². The van der Waals surface area contributed by atoms with Gasteiger partial charge in [-0.3, -0.25) is 9.59 Å². The second kappa shape index (κ2) is 8.67. The summed E-state index contributed by atoms with van der Waals surface area (Å²) >= 11 is 18.6. The Kier molecular flexibility index (Phi) is 5.85. The molecule has 0 unspecified atom stereocenters. The molecule has 3 aliphatic rings. The Balaban J connectivity index is 1.33. The predicted octanol–water partition coefficient (Wildman–Crippen LogP) is 5.38. The van der Waals surface area contributed by atoms with Crippen LogP contribution in [0, 0.1) is 23.7 Å². The van der Waals surface area contributed by atoms with Crippen LogP contribution in [0.5, 0.6) is 11.5 Å². The molecule has 2 aromatic rings. The van der Waals surface area contributed by atoms with Crippen molar-refractivity contribution in [2.24, 2.45) is 28.8 Å². The zero-order valence-electron chi connectivity index (χ0n) is 17.5. The zero-order valence-corrected chi connectivity index (χ0v) is 19.8. The van der Waals surface area contributed by atoms with Gasteiger partial charge in [0, 0.05) is 15.6 Å². The van der Waals surface area contributed by atoms with Crippen LogP contribution in [0.15, 0.2) is 47.6 Å². The molecule has 0 aromatic heterocycles. The average molecular weight is 506 g/mol. The number of imide groups is 1. The number of amides is 2. The number of carbonyl (C=O) groups excluding carboxylic acids is 2. The Morgan fingerprint density at radius 3 is 2.36 bits per heavy atom. The van der Waals surface area contributed by atoms with Crippen LogP contribution in [0.1, 0.15) is 17.5 Å². The summed E-state index contributed by atoms with van der Waals surface area (Å²) in [6, 6.07) is 8.43. The van der Waals surface area contributed by atoms with E-state index < -0.39 is 0 Å². The molecule has 1 saturated heterocycles. The van der Waals surface area contributed by atoms with E-state index in [1.165, 1.54) is 13.3 Å². The number of fused-ring (bicyclic) bond motifs is 5. The van der Waals surface area contributed by atoms with E-state index in [4.69, 9.17) is 44.3 Å². The van der Waals surface area contributed by atoms with Crippen molar-refractivity contribution in [2.75, 3.05) is 7.11 Å². The minimum atomic E-state index is -0.293. The van der Waals surface area contributed by atoms with Crippen LogP contribution in [0.4, 0.5) is 0 Å². The fraction of sp³-hybridized carbons (Fsp3) is 0.292. The Bertz CT molecular complexity index is 1180. The van der Waals surface area contributed by atoms with Crippen LogP contribution in [0.2, 0.25) is 15.1 Å². The summed E-state index contributed by atoms with van der Waals surface area (Å²) in [4.78, 5) is 25.6. The molecule has 5 rings (SSSR count). The molecule has 2 bridgehead atoms. The maximum absolute atomic E-state index is 12.8. The summed E-state index contributed by atoms with van der Waals surface area (Å²) in [5.74, 6) is -0.0722.